The van der Waals surface area contributed by atoms with Crippen LogP contribution < -0.4 is 10.1 Å². The Morgan fingerprint density at radius 2 is 1.66 bits per heavy atom. The number of nitrogens with zero attached hydrogens (tertiary/aromatic N) is 2. The van der Waals surface area contributed by atoms with Crippen LogP contribution in [0.4, 0.5) is 16.2 Å². The van der Waals surface area contributed by atoms with Gasteiger partial charge in [0.2, 0.25) is 0 Å². The monoisotopic (exact) mass is 565 g/mol. The lowest BCUT2D eigenvalue weighted by Gasteiger charge is -2.23. The maximum absolute atomic E-state index is 13.0. The van der Waals surface area contributed by atoms with Gasteiger partial charge in [-0.2, -0.15) is 0 Å². The number of nitro groups is 1. The van der Waals surface area contributed by atoms with Crippen LogP contribution in [0.1, 0.15) is 24.5 Å². The number of carboxylic acids is 1. The van der Waals surface area contributed by atoms with E-state index in [0.29, 0.717) is 44.2 Å². The maximum atomic E-state index is 13.0. The second-order valence-corrected chi connectivity index (χ2v) is 9.09. The van der Waals surface area contributed by atoms with Crippen molar-refractivity contribution in [2.45, 2.75) is 32.5 Å². The summed E-state index contributed by atoms with van der Waals surface area (Å²) in [6.07, 6.45) is -0.0714. The lowest BCUT2D eigenvalue weighted by atomic mass is 10.1. The predicted octanol–water partition coefficient (Wildman–Crippen LogP) is 5.15. The molecule has 3 rings (SSSR count). The van der Waals surface area contributed by atoms with E-state index < -0.39 is 17.0 Å². The van der Waals surface area contributed by atoms with E-state index in [2.05, 4.69) is 5.32 Å². The van der Waals surface area contributed by atoms with Crippen LogP contribution in [0.25, 0.3) is 0 Å². The molecule has 2 N–H and O–H groups in total. The van der Waals surface area contributed by atoms with Gasteiger partial charge >= 0.3 is 12.0 Å². The number of carboxylic acid groups (broad SMARTS) is 1. The van der Waals surface area contributed by atoms with Gasteiger partial charge in [-0.1, -0.05) is 42.5 Å². The first-order valence-electron chi connectivity index (χ1n) is 13.3. The number of nitro benzene ring substituents is 1. The number of amides is 2. The number of anilines is 1. The molecule has 0 aliphatic carbocycles. The first-order valence-corrected chi connectivity index (χ1v) is 13.3. The van der Waals surface area contributed by atoms with E-state index >= 15 is 0 Å². The van der Waals surface area contributed by atoms with Gasteiger partial charge in [-0.25, -0.2) is 9.59 Å². The Hall–Kier alpha value is -4.48. The zero-order valence-electron chi connectivity index (χ0n) is 22.9. The summed E-state index contributed by atoms with van der Waals surface area (Å²) < 4.78 is 16.9. The molecule has 0 fully saturated rings. The summed E-state index contributed by atoms with van der Waals surface area (Å²) >= 11 is 0. The average Bonchev–Trinajstić information content (AvgIpc) is 2.97. The quantitative estimate of drug-likeness (QED) is 0.130. The number of benzene rings is 3. The molecule has 0 aliphatic heterocycles. The molecule has 0 bridgehead atoms. The summed E-state index contributed by atoms with van der Waals surface area (Å²) in [5.74, 6) is -0.427. The molecule has 0 aromatic heterocycles. The molecule has 11 nitrogen and oxygen atoms in total. The minimum absolute atomic E-state index is 0.0637. The zero-order valence-corrected chi connectivity index (χ0v) is 22.9. The number of nitrogens with one attached hydrogen (secondary N) is 1. The molecule has 0 saturated carbocycles. The molecule has 3 aromatic rings. The molecule has 1 unspecified atom stereocenters. The van der Waals surface area contributed by atoms with E-state index in [0.717, 1.165) is 11.1 Å². The van der Waals surface area contributed by atoms with Gasteiger partial charge in [-0.3, -0.25) is 10.1 Å². The van der Waals surface area contributed by atoms with Crippen molar-refractivity contribution >= 4 is 23.4 Å². The third-order valence-corrected chi connectivity index (χ3v) is 6.06. The van der Waals surface area contributed by atoms with Crippen molar-refractivity contribution in [3.8, 4) is 5.75 Å². The van der Waals surface area contributed by atoms with Gasteiger partial charge in [-0.05, 0) is 48.7 Å². The van der Waals surface area contributed by atoms with E-state index in [9.17, 15) is 24.8 Å². The molecule has 0 spiro atoms. The highest BCUT2D eigenvalue weighted by molar-refractivity contribution is 5.89. The Morgan fingerprint density at radius 1 is 0.951 bits per heavy atom. The Balaban J connectivity index is 1.53. The SMILES string of the molecule is CCOC(Cc1ccc(OCCN(CCCOCc2ccccc2)C(=O)Nc2ccc([N+](=O)[O-])cc2)cc1)C(=O)O. The standard InChI is InChI=1S/C30H35N3O8/c1-2-40-28(29(34)35)21-23-9-15-27(16-10-23)41-20-18-32(17-6-19-39-22-24-7-4-3-5-8-24)30(36)31-25-11-13-26(14-12-25)33(37)38/h3-5,7-16,28H,2,6,17-22H2,1H3,(H,31,36)(H,34,35). The fourth-order valence-corrected chi connectivity index (χ4v) is 3.93. The third-order valence-electron chi connectivity index (χ3n) is 6.06. The van der Waals surface area contributed by atoms with Crippen molar-refractivity contribution in [2.75, 3.05) is 38.2 Å². The van der Waals surface area contributed by atoms with Gasteiger partial charge in [0.25, 0.3) is 5.69 Å². The topological polar surface area (TPSA) is 140 Å². The summed E-state index contributed by atoms with van der Waals surface area (Å²) in [5, 5.41) is 23.0. The molecule has 2 amide bonds. The van der Waals surface area contributed by atoms with Crippen LogP contribution in [0.15, 0.2) is 78.9 Å². The molecule has 11 heteroatoms. The Kier molecular flexibility index (Phi) is 12.6. The van der Waals surface area contributed by atoms with Crippen LogP contribution in [0.5, 0.6) is 5.75 Å². The maximum Gasteiger partial charge on any atom is 0.333 e. The van der Waals surface area contributed by atoms with Crippen LogP contribution in [0.3, 0.4) is 0 Å². The van der Waals surface area contributed by atoms with Gasteiger partial charge in [0.15, 0.2) is 6.10 Å². The summed E-state index contributed by atoms with van der Waals surface area (Å²) in [5.41, 5.74) is 2.24. The fraction of sp³-hybridized carbons (Fsp3) is 0.333. The van der Waals surface area contributed by atoms with Crippen LogP contribution in [-0.2, 0) is 27.3 Å². The number of carbonyl (C=O) groups is 2. The van der Waals surface area contributed by atoms with Crippen molar-refractivity contribution < 1.29 is 33.8 Å². The molecular formula is C30H35N3O8. The fourth-order valence-electron chi connectivity index (χ4n) is 3.93. The number of hydrogen-bond acceptors (Lipinski definition) is 7. The molecule has 0 heterocycles. The number of non-ortho nitro benzene ring substituents is 1. The van der Waals surface area contributed by atoms with Crippen molar-refractivity contribution in [3.63, 3.8) is 0 Å². The second kappa shape index (κ2) is 16.6. The number of urea groups is 1. The van der Waals surface area contributed by atoms with Crippen molar-refractivity contribution in [1.82, 2.24) is 4.90 Å². The molecule has 218 valence electrons. The Morgan fingerprint density at radius 3 is 2.29 bits per heavy atom. The predicted molar refractivity (Wildman–Crippen MR) is 153 cm³/mol. The average molecular weight is 566 g/mol. The lowest BCUT2D eigenvalue weighted by Crippen LogP contribution is -2.39. The second-order valence-electron chi connectivity index (χ2n) is 9.09. The summed E-state index contributed by atoms with van der Waals surface area (Å²) in [7, 11) is 0. The normalized spacial score (nSPS) is 11.4. The van der Waals surface area contributed by atoms with Gasteiger partial charge in [0.05, 0.1) is 18.1 Å². The molecule has 41 heavy (non-hydrogen) atoms. The Labute approximate surface area is 238 Å². The lowest BCUT2D eigenvalue weighted by molar-refractivity contribution is -0.384. The Bertz CT molecular complexity index is 1240. The molecule has 3 aromatic carbocycles. The van der Waals surface area contributed by atoms with Gasteiger partial charge in [0.1, 0.15) is 12.4 Å². The van der Waals surface area contributed by atoms with E-state index in [1.807, 2.05) is 30.3 Å². The number of hydrogen-bond donors (Lipinski definition) is 2. The zero-order chi connectivity index (χ0) is 29.5. The number of rotatable bonds is 17. The van der Waals surface area contributed by atoms with Crippen LogP contribution in [0, 0.1) is 10.1 Å². The van der Waals surface area contributed by atoms with E-state index in [4.69, 9.17) is 14.2 Å². The van der Waals surface area contributed by atoms with Gasteiger partial charge < -0.3 is 29.5 Å². The highest BCUT2D eigenvalue weighted by Crippen LogP contribution is 2.17. The smallest absolute Gasteiger partial charge is 0.333 e. The van der Waals surface area contributed by atoms with Crippen LogP contribution in [0.2, 0.25) is 0 Å². The first-order chi connectivity index (χ1) is 19.9. The van der Waals surface area contributed by atoms with E-state index in [-0.39, 0.29) is 31.3 Å². The van der Waals surface area contributed by atoms with Crippen molar-refractivity contribution in [2.24, 2.45) is 0 Å². The number of ether oxygens (including phenoxy) is 3. The van der Waals surface area contributed by atoms with Crippen molar-refractivity contribution in [1.29, 1.82) is 0 Å². The minimum atomic E-state index is -1.01. The minimum Gasteiger partial charge on any atom is -0.492 e. The van der Waals surface area contributed by atoms with Gasteiger partial charge in [0, 0.05) is 44.0 Å². The molecular weight excluding hydrogens is 530 g/mol. The van der Waals surface area contributed by atoms with E-state index in [1.54, 1.807) is 36.1 Å². The van der Waals surface area contributed by atoms with Crippen LogP contribution in [-0.4, -0.2) is 65.9 Å². The summed E-state index contributed by atoms with van der Waals surface area (Å²) in [6.45, 7) is 3.90. The number of carbonyl (C=O) groups excluding carboxylic acids is 1. The number of aliphatic carboxylic acids is 1. The molecule has 0 radical (unpaired) electrons. The van der Waals surface area contributed by atoms with Gasteiger partial charge in [-0.15, -0.1) is 0 Å². The summed E-state index contributed by atoms with van der Waals surface area (Å²) in [6, 6.07) is 22.1. The molecule has 1 atom stereocenters. The van der Waals surface area contributed by atoms with Crippen LogP contribution >= 0.6 is 0 Å². The first kappa shape index (κ1) is 31.1. The summed E-state index contributed by atoms with van der Waals surface area (Å²) in [4.78, 5) is 36.4. The largest absolute Gasteiger partial charge is 0.492 e. The highest BCUT2D eigenvalue weighted by atomic mass is 16.6. The molecule has 0 saturated heterocycles. The van der Waals surface area contributed by atoms with Crippen molar-refractivity contribution in [3.05, 3.63) is 100 Å². The molecule has 0 aliphatic rings. The van der Waals surface area contributed by atoms with E-state index in [1.165, 1.54) is 24.3 Å². The highest BCUT2D eigenvalue weighted by Gasteiger charge is 2.18. The third kappa shape index (κ3) is 10.9.